The second kappa shape index (κ2) is 6.10. The summed E-state index contributed by atoms with van der Waals surface area (Å²) in [6.07, 6.45) is 1.61. The molecule has 2 N–H and O–H groups in total. The zero-order valence-corrected chi connectivity index (χ0v) is 8.31. The van der Waals surface area contributed by atoms with E-state index in [1.54, 1.807) is 0 Å². The molecular weight excluding hydrogens is 190 g/mol. The molecule has 0 unspecified atom stereocenters. The Hall–Kier alpha value is -0.420. The van der Waals surface area contributed by atoms with Gasteiger partial charge < -0.3 is 15.2 Å². The highest BCUT2D eigenvalue weighted by Gasteiger charge is 2.15. The molecule has 1 rings (SSSR count). The first-order chi connectivity index (χ1) is 6.33. The van der Waals surface area contributed by atoms with Crippen LogP contribution < -0.4 is 5.32 Å². The van der Waals surface area contributed by atoms with Crippen molar-refractivity contribution in [1.82, 2.24) is 5.32 Å². The van der Waals surface area contributed by atoms with Crippen LogP contribution in [0.25, 0.3) is 0 Å². The molecule has 0 spiro atoms. The van der Waals surface area contributed by atoms with Crippen molar-refractivity contribution < 1.29 is 14.6 Å². The molecule has 1 aliphatic heterocycles. The zero-order chi connectivity index (χ0) is 9.52. The van der Waals surface area contributed by atoms with Crippen molar-refractivity contribution in [2.75, 3.05) is 24.7 Å². The molecule has 0 aromatic carbocycles. The van der Waals surface area contributed by atoms with Gasteiger partial charge in [0.15, 0.2) is 0 Å². The maximum Gasteiger partial charge on any atom is 0.407 e. The fourth-order valence-corrected chi connectivity index (χ4v) is 2.30. The fourth-order valence-electron chi connectivity index (χ4n) is 1.19. The highest BCUT2D eigenvalue weighted by molar-refractivity contribution is 7.99. The Balaban J connectivity index is 2.11. The Labute approximate surface area is 82.0 Å². The third-order valence-electron chi connectivity index (χ3n) is 1.87. The Morgan fingerprint density at radius 2 is 2.23 bits per heavy atom. The predicted octanol–water partition coefficient (Wildman–Crippen LogP) is 0.600. The first-order valence-corrected chi connectivity index (χ1v) is 5.60. The number of nitrogens with one attached hydrogen (secondary N) is 1. The molecule has 0 radical (unpaired) electrons. The number of hydrogen-bond acceptors (Lipinski definition) is 4. The number of carbonyl (C=O) groups excluding carboxylic acids is 1. The van der Waals surface area contributed by atoms with Crippen LogP contribution >= 0.6 is 11.8 Å². The highest BCUT2D eigenvalue weighted by Crippen LogP contribution is 2.16. The molecule has 13 heavy (non-hydrogen) atoms. The van der Waals surface area contributed by atoms with Gasteiger partial charge in [-0.2, -0.15) is 11.8 Å². The molecule has 1 aliphatic rings. The standard InChI is InChI=1S/C8H15NO3S/c10-3-4-12-8(11)9-7-1-5-13-6-2-7/h7,10H,1-6H2,(H,9,11). The first-order valence-electron chi connectivity index (χ1n) is 4.45. The second-order valence-electron chi connectivity index (χ2n) is 2.89. The van der Waals surface area contributed by atoms with Gasteiger partial charge in [-0.15, -0.1) is 0 Å². The highest BCUT2D eigenvalue weighted by atomic mass is 32.2. The van der Waals surface area contributed by atoms with E-state index in [0.717, 1.165) is 24.3 Å². The number of hydrogen-bond donors (Lipinski definition) is 2. The molecule has 1 saturated heterocycles. The van der Waals surface area contributed by atoms with E-state index >= 15 is 0 Å². The number of aliphatic hydroxyl groups is 1. The van der Waals surface area contributed by atoms with Gasteiger partial charge in [0.25, 0.3) is 0 Å². The molecule has 0 aromatic rings. The molecule has 0 bridgehead atoms. The molecule has 0 atom stereocenters. The molecule has 0 aromatic heterocycles. The van der Waals surface area contributed by atoms with Crippen molar-refractivity contribution in [2.45, 2.75) is 18.9 Å². The van der Waals surface area contributed by atoms with Crippen LogP contribution in [0, 0.1) is 0 Å². The van der Waals surface area contributed by atoms with E-state index in [1.165, 1.54) is 0 Å². The largest absolute Gasteiger partial charge is 0.447 e. The predicted molar refractivity (Wildman–Crippen MR) is 51.9 cm³/mol. The second-order valence-corrected chi connectivity index (χ2v) is 4.12. The fraction of sp³-hybridized carbons (Fsp3) is 0.875. The number of amides is 1. The molecule has 76 valence electrons. The van der Waals surface area contributed by atoms with Crippen molar-refractivity contribution in [3.05, 3.63) is 0 Å². The number of thioether (sulfide) groups is 1. The van der Waals surface area contributed by atoms with E-state index in [9.17, 15) is 4.79 Å². The topological polar surface area (TPSA) is 58.6 Å². The molecule has 1 heterocycles. The number of ether oxygens (including phenoxy) is 1. The lowest BCUT2D eigenvalue weighted by molar-refractivity contribution is 0.115. The van der Waals surface area contributed by atoms with Gasteiger partial charge in [-0.1, -0.05) is 0 Å². The molecule has 1 fully saturated rings. The van der Waals surface area contributed by atoms with Gasteiger partial charge in [-0.25, -0.2) is 4.79 Å². The monoisotopic (exact) mass is 205 g/mol. The van der Waals surface area contributed by atoms with Crippen molar-refractivity contribution >= 4 is 17.9 Å². The lowest BCUT2D eigenvalue weighted by atomic mass is 10.2. The summed E-state index contributed by atoms with van der Waals surface area (Å²) in [6.45, 7) is -0.0404. The number of rotatable bonds is 3. The van der Waals surface area contributed by atoms with E-state index in [1.807, 2.05) is 11.8 Å². The van der Waals surface area contributed by atoms with Gasteiger partial charge in [-0.05, 0) is 24.3 Å². The number of alkyl carbamates (subject to hydrolysis) is 1. The van der Waals surface area contributed by atoms with E-state index in [0.29, 0.717) is 0 Å². The number of aliphatic hydroxyl groups excluding tert-OH is 1. The summed E-state index contributed by atoms with van der Waals surface area (Å²) in [6, 6.07) is 0.257. The summed E-state index contributed by atoms with van der Waals surface area (Å²) in [4.78, 5) is 11.0. The molecule has 5 heteroatoms. The van der Waals surface area contributed by atoms with Gasteiger partial charge >= 0.3 is 6.09 Å². The molecule has 0 aliphatic carbocycles. The van der Waals surface area contributed by atoms with E-state index in [-0.39, 0.29) is 19.3 Å². The summed E-state index contributed by atoms with van der Waals surface area (Å²) in [7, 11) is 0. The minimum Gasteiger partial charge on any atom is -0.447 e. The SMILES string of the molecule is O=C(NC1CCSCC1)OCCO. The van der Waals surface area contributed by atoms with Gasteiger partial charge in [0.2, 0.25) is 0 Å². The van der Waals surface area contributed by atoms with Gasteiger partial charge in [0, 0.05) is 6.04 Å². The third kappa shape index (κ3) is 4.38. The van der Waals surface area contributed by atoms with Crippen molar-refractivity contribution in [3.8, 4) is 0 Å². The van der Waals surface area contributed by atoms with Crippen LogP contribution in [0.3, 0.4) is 0 Å². The minimum absolute atomic E-state index is 0.0767. The van der Waals surface area contributed by atoms with Crippen molar-refractivity contribution in [3.63, 3.8) is 0 Å². The molecule has 1 amide bonds. The quantitative estimate of drug-likeness (QED) is 0.708. The minimum atomic E-state index is -0.411. The average Bonchev–Trinajstić information content (AvgIpc) is 2.16. The summed E-state index contributed by atoms with van der Waals surface area (Å²) >= 11 is 1.91. The molecule has 4 nitrogen and oxygen atoms in total. The summed E-state index contributed by atoms with van der Waals surface area (Å²) in [5, 5.41) is 11.2. The normalized spacial score (nSPS) is 18.2. The Morgan fingerprint density at radius 3 is 2.85 bits per heavy atom. The lowest BCUT2D eigenvalue weighted by Crippen LogP contribution is -2.38. The van der Waals surface area contributed by atoms with Gasteiger partial charge in [0.05, 0.1) is 6.61 Å². The molecule has 0 saturated carbocycles. The molecular formula is C8H15NO3S. The lowest BCUT2D eigenvalue weighted by Gasteiger charge is -2.21. The smallest absolute Gasteiger partial charge is 0.407 e. The Morgan fingerprint density at radius 1 is 1.54 bits per heavy atom. The summed E-state index contributed by atoms with van der Waals surface area (Å²) in [5.74, 6) is 2.20. The maximum absolute atomic E-state index is 11.0. The van der Waals surface area contributed by atoms with Crippen LogP contribution in [-0.2, 0) is 4.74 Å². The Kier molecular flexibility index (Phi) is 5.00. The van der Waals surface area contributed by atoms with Crippen LogP contribution in [-0.4, -0.2) is 42.0 Å². The summed E-state index contributed by atoms with van der Waals surface area (Å²) < 4.78 is 4.69. The number of carbonyl (C=O) groups is 1. The van der Waals surface area contributed by atoms with Crippen molar-refractivity contribution in [2.24, 2.45) is 0 Å². The van der Waals surface area contributed by atoms with Crippen molar-refractivity contribution in [1.29, 1.82) is 0 Å². The van der Waals surface area contributed by atoms with Crippen LogP contribution in [0.2, 0.25) is 0 Å². The van der Waals surface area contributed by atoms with Crippen LogP contribution in [0.5, 0.6) is 0 Å². The average molecular weight is 205 g/mol. The van der Waals surface area contributed by atoms with Crippen LogP contribution in [0.15, 0.2) is 0 Å². The van der Waals surface area contributed by atoms with Crippen LogP contribution in [0.4, 0.5) is 4.79 Å². The summed E-state index contributed by atoms with van der Waals surface area (Å²) in [5.41, 5.74) is 0. The maximum atomic E-state index is 11.0. The van der Waals surface area contributed by atoms with Crippen LogP contribution in [0.1, 0.15) is 12.8 Å². The Bertz CT molecular complexity index is 159. The van der Waals surface area contributed by atoms with Gasteiger partial charge in [0.1, 0.15) is 6.61 Å². The van der Waals surface area contributed by atoms with E-state index < -0.39 is 6.09 Å². The first kappa shape index (κ1) is 10.7. The van der Waals surface area contributed by atoms with E-state index in [2.05, 4.69) is 10.1 Å². The third-order valence-corrected chi connectivity index (χ3v) is 2.92. The van der Waals surface area contributed by atoms with E-state index in [4.69, 9.17) is 5.11 Å². The van der Waals surface area contributed by atoms with Gasteiger partial charge in [-0.3, -0.25) is 0 Å². The zero-order valence-electron chi connectivity index (χ0n) is 7.49.